The first-order valence-electron chi connectivity index (χ1n) is 6.17. The molecule has 4 aromatic rings. The highest BCUT2D eigenvalue weighted by atomic mass is 16.4. The molecule has 7 heteroatoms. The van der Waals surface area contributed by atoms with Crippen molar-refractivity contribution in [2.45, 2.75) is 0 Å². The molecule has 3 aromatic heterocycles. The fourth-order valence-corrected chi connectivity index (χ4v) is 2.13. The van der Waals surface area contributed by atoms with E-state index < -0.39 is 0 Å². The number of benzene rings is 1. The van der Waals surface area contributed by atoms with E-state index in [9.17, 15) is 4.79 Å². The number of nitrogens with one attached hydrogen (secondary N) is 1. The highest BCUT2D eigenvalue weighted by molar-refractivity contribution is 5.82. The largest absolute Gasteiger partial charge is 0.461 e. The number of H-pyrrole nitrogens is 1. The Morgan fingerprint density at radius 2 is 2.05 bits per heavy atom. The molecule has 0 aliphatic carbocycles. The van der Waals surface area contributed by atoms with Gasteiger partial charge in [0.25, 0.3) is 0 Å². The lowest BCUT2D eigenvalue weighted by Crippen LogP contribution is -2.00. The average Bonchev–Trinajstić information content (AvgIpc) is 3.20. The van der Waals surface area contributed by atoms with Crippen molar-refractivity contribution >= 4 is 11.0 Å². The summed E-state index contributed by atoms with van der Waals surface area (Å²) in [6.07, 6.45) is 1.53. The van der Waals surface area contributed by atoms with Crippen LogP contribution < -0.4 is 5.43 Å². The summed E-state index contributed by atoms with van der Waals surface area (Å²) in [5.74, 6) is 1.40. The van der Waals surface area contributed by atoms with Gasteiger partial charge in [0.15, 0.2) is 22.8 Å². The van der Waals surface area contributed by atoms with E-state index in [-0.39, 0.29) is 5.43 Å². The molecule has 7 nitrogen and oxygen atoms in total. The Kier molecular flexibility index (Phi) is 2.43. The molecule has 1 aromatic carbocycles. The zero-order chi connectivity index (χ0) is 14.2. The summed E-state index contributed by atoms with van der Waals surface area (Å²) < 4.78 is 10.9. The highest BCUT2D eigenvalue weighted by Gasteiger charge is 2.11. The van der Waals surface area contributed by atoms with Gasteiger partial charge in [-0.15, -0.1) is 5.10 Å². The van der Waals surface area contributed by atoms with Crippen molar-refractivity contribution in [1.29, 1.82) is 0 Å². The lowest BCUT2D eigenvalue weighted by Gasteiger charge is -2.02. The monoisotopic (exact) mass is 280 g/mol. The Bertz CT molecular complexity index is 956. The second-order valence-electron chi connectivity index (χ2n) is 4.41. The molecule has 0 fully saturated rings. The number of tetrazole rings is 1. The quantitative estimate of drug-likeness (QED) is 0.604. The van der Waals surface area contributed by atoms with E-state index in [1.807, 2.05) is 0 Å². The molecule has 3 heterocycles. The van der Waals surface area contributed by atoms with Crippen molar-refractivity contribution in [3.05, 3.63) is 52.9 Å². The van der Waals surface area contributed by atoms with Gasteiger partial charge in [-0.3, -0.25) is 4.79 Å². The number of nitrogens with zero attached hydrogens (tertiary/aromatic N) is 3. The molecule has 0 radical (unpaired) electrons. The van der Waals surface area contributed by atoms with Crippen molar-refractivity contribution in [3.63, 3.8) is 0 Å². The first kappa shape index (κ1) is 11.6. The van der Waals surface area contributed by atoms with Crippen LogP contribution >= 0.6 is 0 Å². The maximum Gasteiger partial charge on any atom is 0.193 e. The molecule has 1 N–H and O–H groups in total. The van der Waals surface area contributed by atoms with Crippen LogP contribution in [0.1, 0.15) is 0 Å². The zero-order valence-corrected chi connectivity index (χ0v) is 10.6. The molecule has 0 saturated heterocycles. The van der Waals surface area contributed by atoms with E-state index in [2.05, 4.69) is 20.6 Å². The van der Waals surface area contributed by atoms with Crippen molar-refractivity contribution in [3.8, 4) is 22.9 Å². The number of hydrogen-bond acceptors (Lipinski definition) is 6. The van der Waals surface area contributed by atoms with Crippen LogP contribution in [0.5, 0.6) is 0 Å². The van der Waals surface area contributed by atoms with Gasteiger partial charge in [0.1, 0.15) is 5.58 Å². The molecule has 21 heavy (non-hydrogen) atoms. The molecule has 0 amide bonds. The van der Waals surface area contributed by atoms with E-state index in [1.165, 1.54) is 12.3 Å². The molecule has 0 aliphatic rings. The molecule has 0 atom stereocenters. The predicted octanol–water partition coefficient (Wildman–Crippen LogP) is 2.23. The third-order valence-corrected chi connectivity index (χ3v) is 3.11. The molecule has 102 valence electrons. The van der Waals surface area contributed by atoms with Gasteiger partial charge in [0, 0.05) is 11.6 Å². The standard InChI is InChI=1S/C14H8N4O3/c19-10-7-13(12-2-1-5-20-12)21-11-4-3-8(6-9(10)11)14-15-17-18-16-14/h1-7H,(H,15,16,17,18). The second kappa shape index (κ2) is 4.41. The first-order chi connectivity index (χ1) is 10.3. The van der Waals surface area contributed by atoms with Crippen LogP contribution in [0.25, 0.3) is 33.9 Å². The van der Waals surface area contributed by atoms with Crippen LogP contribution in [0.3, 0.4) is 0 Å². The van der Waals surface area contributed by atoms with E-state index in [0.717, 1.165) is 0 Å². The zero-order valence-electron chi connectivity index (χ0n) is 10.6. The first-order valence-corrected chi connectivity index (χ1v) is 6.17. The van der Waals surface area contributed by atoms with Crippen molar-refractivity contribution < 1.29 is 8.83 Å². The van der Waals surface area contributed by atoms with Crippen LogP contribution in [0.4, 0.5) is 0 Å². The summed E-state index contributed by atoms with van der Waals surface area (Å²) in [4.78, 5) is 12.3. The maximum atomic E-state index is 12.3. The van der Waals surface area contributed by atoms with Gasteiger partial charge in [0.2, 0.25) is 0 Å². The molecule has 0 spiro atoms. The van der Waals surface area contributed by atoms with E-state index >= 15 is 0 Å². The van der Waals surface area contributed by atoms with Gasteiger partial charge in [-0.05, 0) is 40.8 Å². The summed E-state index contributed by atoms with van der Waals surface area (Å²) in [5, 5.41) is 14.0. The van der Waals surface area contributed by atoms with Crippen LogP contribution in [0, 0.1) is 0 Å². The Morgan fingerprint density at radius 1 is 1.10 bits per heavy atom. The van der Waals surface area contributed by atoms with Gasteiger partial charge >= 0.3 is 0 Å². The Balaban J connectivity index is 1.92. The third-order valence-electron chi connectivity index (χ3n) is 3.11. The molecule has 0 saturated carbocycles. The Labute approximate surface area is 117 Å². The summed E-state index contributed by atoms with van der Waals surface area (Å²) in [5.41, 5.74) is 1.03. The van der Waals surface area contributed by atoms with E-state index in [4.69, 9.17) is 8.83 Å². The summed E-state index contributed by atoms with van der Waals surface area (Å²) in [6.45, 7) is 0. The molecule has 0 aliphatic heterocycles. The van der Waals surface area contributed by atoms with E-state index in [0.29, 0.717) is 33.9 Å². The van der Waals surface area contributed by atoms with Gasteiger partial charge < -0.3 is 8.83 Å². The van der Waals surface area contributed by atoms with Crippen LogP contribution in [-0.4, -0.2) is 20.6 Å². The molecular formula is C14H8N4O3. The van der Waals surface area contributed by atoms with Gasteiger partial charge in [-0.25, -0.2) is 5.10 Å². The molecular weight excluding hydrogens is 272 g/mol. The number of aromatic amines is 1. The van der Waals surface area contributed by atoms with Gasteiger partial charge in [-0.1, -0.05) is 0 Å². The summed E-state index contributed by atoms with van der Waals surface area (Å²) >= 11 is 0. The minimum atomic E-state index is -0.156. The number of furan rings is 1. The van der Waals surface area contributed by atoms with Crippen molar-refractivity contribution in [2.24, 2.45) is 0 Å². The average molecular weight is 280 g/mol. The maximum absolute atomic E-state index is 12.3. The predicted molar refractivity (Wildman–Crippen MR) is 73.4 cm³/mol. The Hall–Kier alpha value is -3.22. The molecule has 4 rings (SSSR count). The number of hydrogen-bond donors (Lipinski definition) is 1. The van der Waals surface area contributed by atoms with E-state index in [1.54, 1.807) is 30.3 Å². The van der Waals surface area contributed by atoms with Crippen LogP contribution in [0.2, 0.25) is 0 Å². The topological polar surface area (TPSA) is 97.8 Å². The lowest BCUT2D eigenvalue weighted by molar-refractivity contribution is 0.537. The normalized spacial score (nSPS) is 11.0. The number of fused-ring (bicyclic) bond motifs is 1. The number of aromatic nitrogens is 4. The van der Waals surface area contributed by atoms with Gasteiger partial charge in [-0.2, -0.15) is 0 Å². The van der Waals surface area contributed by atoms with Gasteiger partial charge in [0.05, 0.1) is 11.6 Å². The fourth-order valence-electron chi connectivity index (χ4n) is 2.13. The molecule has 0 bridgehead atoms. The van der Waals surface area contributed by atoms with Crippen molar-refractivity contribution in [1.82, 2.24) is 20.6 Å². The summed E-state index contributed by atoms with van der Waals surface area (Å²) in [7, 11) is 0. The molecule has 0 unspecified atom stereocenters. The number of rotatable bonds is 2. The SMILES string of the molecule is O=c1cc(-c2ccco2)oc2ccc(-c3nnn[nH]3)cc12. The second-order valence-corrected chi connectivity index (χ2v) is 4.41. The third kappa shape index (κ3) is 1.91. The summed E-state index contributed by atoms with van der Waals surface area (Å²) in [6, 6.07) is 10.1. The minimum Gasteiger partial charge on any atom is -0.461 e. The fraction of sp³-hybridized carbons (Fsp3) is 0. The Morgan fingerprint density at radius 3 is 2.81 bits per heavy atom. The highest BCUT2D eigenvalue weighted by Crippen LogP contribution is 2.24. The smallest absolute Gasteiger partial charge is 0.193 e. The van der Waals surface area contributed by atoms with Crippen molar-refractivity contribution in [2.75, 3.05) is 0 Å². The lowest BCUT2D eigenvalue weighted by atomic mass is 10.1. The minimum absolute atomic E-state index is 0.156. The van der Waals surface area contributed by atoms with Crippen LogP contribution in [-0.2, 0) is 0 Å². The van der Waals surface area contributed by atoms with Crippen LogP contribution in [0.15, 0.2) is 56.3 Å².